The number of methoxy groups -OCH3 is 1. The molecule has 1 saturated carbocycles. The van der Waals surface area contributed by atoms with Crippen molar-refractivity contribution in [2.75, 3.05) is 38.2 Å². The van der Waals surface area contributed by atoms with Crippen LogP contribution in [0, 0.1) is 0 Å². The maximum atomic E-state index is 13.0. The van der Waals surface area contributed by atoms with Gasteiger partial charge < -0.3 is 19.3 Å². The highest BCUT2D eigenvalue weighted by atomic mass is 16.6. The van der Waals surface area contributed by atoms with Gasteiger partial charge in [-0.2, -0.15) is 0 Å². The van der Waals surface area contributed by atoms with Crippen molar-refractivity contribution in [3.05, 3.63) is 29.8 Å². The molecule has 8 heteroatoms. The summed E-state index contributed by atoms with van der Waals surface area (Å²) in [5.41, 5.74) is 0.628. The largest absolute Gasteiger partial charge is 0.468 e. The maximum Gasteiger partial charge on any atom is 0.410 e. The number of esters is 1. The number of anilines is 1. The summed E-state index contributed by atoms with van der Waals surface area (Å²) >= 11 is 0. The number of nitrogens with zero attached hydrogens (tertiary/aromatic N) is 3. The number of rotatable bonds is 3. The zero-order valence-corrected chi connectivity index (χ0v) is 19.4. The van der Waals surface area contributed by atoms with Crippen molar-refractivity contribution in [2.45, 2.75) is 63.5 Å². The highest BCUT2D eigenvalue weighted by Crippen LogP contribution is 2.42. The van der Waals surface area contributed by atoms with Crippen LogP contribution in [0.5, 0.6) is 0 Å². The minimum absolute atomic E-state index is 0.0462. The van der Waals surface area contributed by atoms with Crippen LogP contribution in [0.3, 0.4) is 0 Å². The lowest BCUT2D eigenvalue weighted by Gasteiger charge is -2.36. The van der Waals surface area contributed by atoms with Gasteiger partial charge in [0.15, 0.2) is 0 Å². The Labute approximate surface area is 189 Å². The third kappa shape index (κ3) is 4.02. The smallest absolute Gasteiger partial charge is 0.410 e. The first-order chi connectivity index (χ1) is 15.1. The Balaban J connectivity index is 1.47. The van der Waals surface area contributed by atoms with Crippen LogP contribution in [-0.4, -0.2) is 72.8 Å². The monoisotopic (exact) mass is 443 g/mol. The third-order valence-electron chi connectivity index (χ3n) is 6.77. The topological polar surface area (TPSA) is 79.4 Å². The Hall–Kier alpha value is -2.77. The van der Waals surface area contributed by atoms with Gasteiger partial charge in [0.1, 0.15) is 5.60 Å². The number of amides is 3. The molecule has 0 spiro atoms. The maximum absolute atomic E-state index is 13.0. The fourth-order valence-electron chi connectivity index (χ4n) is 5.16. The Kier molecular flexibility index (Phi) is 5.81. The van der Waals surface area contributed by atoms with E-state index in [4.69, 9.17) is 9.47 Å². The number of fused-ring (bicyclic) bond motifs is 1. The molecule has 3 amide bonds. The zero-order chi connectivity index (χ0) is 23.1. The van der Waals surface area contributed by atoms with E-state index >= 15 is 0 Å². The van der Waals surface area contributed by atoms with E-state index in [1.54, 1.807) is 9.80 Å². The molecule has 0 radical (unpaired) electrons. The van der Waals surface area contributed by atoms with Crippen LogP contribution in [0.1, 0.15) is 52.0 Å². The Morgan fingerprint density at radius 2 is 1.69 bits per heavy atom. The Bertz CT molecular complexity index is 886. The van der Waals surface area contributed by atoms with Gasteiger partial charge in [-0.05, 0) is 51.3 Å². The van der Waals surface area contributed by atoms with E-state index < -0.39 is 11.0 Å². The number of ether oxygens (including phenoxy) is 2. The summed E-state index contributed by atoms with van der Waals surface area (Å²) in [5, 5.41) is 0. The summed E-state index contributed by atoms with van der Waals surface area (Å²) in [5.74, 6) is -0.181. The summed E-state index contributed by atoms with van der Waals surface area (Å²) in [6, 6.07) is 7.63. The van der Waals surface area contributed by atoms with Crippen LogP contribution in [-0.2, 0) is 19.7 Å². The summed E-state index contributed by atoms with van der Waals surface area (Å²) in [6.45, 7) is 7.47. The second kappa shape index (κ2) is 8.30. The van der Waals surface area contributed by atoms with Crippen LogP contribution in [0.2, 0.25) is 0 Å². The molecule has 0 N–H and O–H groups in total. The molecule has 1 aromatic rings. The molecule has 0 aromatic heterocycles. The molecule has 4 rings (SSSR count). The minimum Gasteiger partial charge on any atom is -0.468 e. The van der Waals surface area contributed by atoms with E-state index in [2.05, 4.69) is 0 Å². The van der Waals surface area contributed by atoms with Crippen LogP contribution in [0.15, 0.2) is 24.3 Å². The van der Waals surface area contributed by atoms with Crippen LogP contribution < -0.4 is 4.90 Å². The number of hydrogen-bond acceptors (Lipinski definition) is 5. The van der Waals surface area contributed by atoms with Gasteiger partial charge in [0.05, 0.1) is 18.6 Å². The van der Waals surface area contributed by atoms with Gasteiger partial charge in [-0.1, -0.05) is 25.0 Å². The molecule has 0 unspecified atom stereocenters. The average Bonchev–Trinajstić information content (AvgIpc) is 3.38. The number of benzene rings is 1. The predicted molar refractivity (Wildman–Crippen MR) is 120 cm³/mol. The van der Waals surface area contributed by atoms with Crippen molar-refractivity contribution in [1.82, 2.24) is 9.80 Å². The first-order valence-electron chi connectivity index (χ1n) is 11.4. The Morgan fingerprint density at radius 3 is 2.28 bits per heavy atom. The van der Waals surface area contributed by atoms with Gasteiger partial charge >= 0.3 is 18.1 Å². The molecule has 0 bridgehead atoms. The van der Waals surface area contributed by atoms with Crippen LogP contribution in [0.25, 0.3) is 0 Å². The molecule has 2 aliphatic heterocycles. The highest BCUT2D eigenvalue weighted by molar-refractivity contribution is 5.95. The van der Waals surface area contributed by atoms with E-state index in [0.29, 0.717) is 26.2 Å². The van der Waals surface area contributed by atoms with Crippen molar-refractivity contribution in [3.63, 3.8) is 0 Å². The van der Waals surface area contributed by atoms with Crippen molar-refractivity contribution in [3.8, 4) is 0 Å². The predicted octanol–water partition coefficient (Wildman–Crippen LogP) is 3.53. The van der Waals surface area contributed by atoms with E-state index in [1.165, 1.54) is 7.11 Å². The average molecular weight is 444 g/mol. The Morgan fingerprint density at radius 1 is 1.03 bits per heavy atom. The van der Waals surface area contributed by atoms with Crippen molar-refractivity contribution >= 4 is 23.8 Å². The second-order valence-corrected chi connectivity index (χ2v) is 9.99. The molecule has 2 saturated heterocycles. The number of hydrogen-bond donors (Lipinski definition) is 0. The van der Waals surface area contributed by atoms with Gasteiger partial charge in [0, 0.05) is 31.9 Å². The summed E-state index contributed by atoms with van der Waals surface area (Å²) in [4.78, 5) is 43.3. The van der Waals surface area contributed by atoms with E-state index in [1.807, 2.05) is 49.9 Å². The zero-order valence-electron chi connectivity index (χ0n) is 19.4. The van der Waals surface area contributed by atoms with Crippen molar-refractivity contribution < 1.29 is 23.9 Å². The molecule has 2 heterocycles. The molecule has 1 aromatic carbocycles. The van der Waals surface area contributed by atoms with Gasteiger partial charge in [-0.3, -0.25) is 9.69 Å². The van der Waals surface area contributed by atoms with E-state index in [0.717, 1.165) is 36.9 Å². The number of urea groups is 1. The van der Waals surface area contributed by atoms with Gasteiger partial charge in [0.2, 0.25) is 0 Å². The normalized spacial score (nSPS) is 22.7. The fraction of sp³-hybridized carbons (Fsp3) is 0.625. The van der Waals surface area contributed by atoms with Gasteiger partial charge in [-0.15, -0.1) is 0 Å². The summed E-state index contributed by atoms with van der Waals surface area (Å²) in [6.07, 6.45) is 3.26. The molecular formula is C24H33N3O5. The molecule has 8 nitrogen and oxygen atoms in total. The number of piperazine rings is 1. The molecule has 1 atom stereocenters. The highest BCUT2D eigenvalue weighted by Gasteiger charge is 2.45. The van der Waals surface area contributed by atoms with Gasteiger partial charge in [0.25, 0.3) is 0 Å². The lowest BCUT2D eigenvalue weighted by Crippen LogP contribution is -2.54. The molecular weight excluding hydrogens is 410 g/mol. The first kappa shape index (κ1) is 22.4. The molecule has 1 aliphatic carbocycles. The third-order valence-corrected chi connectivity index (χ3v) is 6.77. The van der Waals surface area contributed by atoms with E-state index in [-0.39, 0.29) is 24.1 Å². The van der Waals surface area contributed by atoms with Gasteiger partial charge in [-0.25, -0.2) is 9.59 Å². The number of carbonyl (C=O) groups excluding carboxylic acids is 3. The van der Waals surface area contributed by atoms with E-state index in [9.17, 15) is 14.4 Å². The fourth-order valence-corrected chi connectivity index (χ4v) is 5.16. The van der Waals surface area contributed by atoms with Crippen molar-refractivity contribution in [1.29, 1.82) is 0 Å². The van der Waals surface area contributed by atoms with Crippen LogP contribution >= 0.6 is 0 Å². The lowest BCUT2D eigenvalue weighted by molar-refractivity contribution is -0.147. The molecule has 3 aliphatic rings. The SMILES string of the molecule is COC(=O)C1(c2ccc(N3C[C@@H]4CN(C(=O)OC(C)(C)C)CCN4C3=O)cc2)CCCC1. The standard InChI is InChI=1S/C24H33N3O5/c1-23(2,3)32-22(30)25-13-14-26-19(15-25)16-27(21(26)29)18-9-7-17(8-10-18)24(20(28)31-4)11-5-6-12-24/h7-10,19H,5-6,11-16H2,1-4H3/t19-/m0/s1. The quantitative estimate of drug-likeness (QED) is 0.668. The second-order valence-electron chi connectivity index (χ2n) is 9.99. The lowest BCUT2D eigenvalue weighted by atomic mass is 9.79. The number of carbonyl (C=O) groups is 3. The minimum atomic E-state index is -0.576. The van der Waals surface area contributed by atoms with Crippen LogP contribution in [0.4, 0.5) is 15.3 Å². The summed E-state index contributed by atoms with van der Waals surface area (Å²) in [7, 11) is 1.44. The van der Waals surface area contributed by atoms with Crippen molar-refractivity contribution in [2.24, 2.45) is 0 Å². The summed E-state index contributed by atoms with van der Waals surface area (Å²) < 4.78 is 10.6. The molecule has 32 heavy (non-hydrogen) atoms. The first-order valence-corrected chi connectivity index (χ1v) is 11.4. The molecule has 174 valence electrons. The molecule has 3 fully saturated rings.